The molecule has 0 bridgehead atoms. The maximum atomic E-state index is 13.6. The molecule has 0 amide bonds. The number of aryl methyl sites for hydroxylation is 1. The molecule has 0 aliphatic carbocycles. The van der Waals surface area contributed by atoms with E-state index in [1.807, 2.05) is 25.8 Å². The third-order valence-corrected chi connectivity index (χ3v) is 15.2. The molecular formula is C21H38F2N2OSi2. The molecule has 0 aromatic heterocycles. The summed E-state index contributed by atoms with van der Waals surface area (Å²) in [6.07, 6.45) is 0.0251. The van der Waals surface area contributed by atoms with Gasteiger partial charge in [-0.05, 0) is 43.1 Å². The van der Waals surface area contributed by atoms with E-state index >= 15 is 0 Å². The minimum absolute atomic E-state index is 0.0746. The van der Waals surface area contributed by atoms with Crippen molar-refractivity contribution in [2.45, 2.75) is 71.1 Å². The molecule has 0 spiro atoms. The second kappa shape index (κ2) is 10.0. The molecular weight excluding hydrogens is 390 g/mol. The van der Waals surface area contributed by atoms with E-state index in [4.69, 9.17) is 4.74 Å². The molecule has 160 valence electrons. The predicted octanol–water partition coefficient (Wildman–Crippen LogP) is 6.90. The van der Waals surface area contributed by atoms with Gasteiger partial charge in [-0.2, -0.15) is 0 Å². The lowest BCUT2D eigenvalue weighted by Gasteiger charge is -2.38. The van der Waals surface area contributed by atoms with E-state index in [1.54, 1.807) is 12.4 Å². The Bertz CT molecular complexity index is 654. The smallest absolute Gasteiger partial charge is 0.267 e. The van der Waals surface area contributed by atoms with Crippen molar-refractivity contribution in [2.75, 3.05) is 20.2 Å². The highest BCUT2D eigenvalue weighted by Crippen LogP contribution is 2.37. The molecule has 1 aromatic rings. The standard InChI is InChI=1S/C21H38F2N2OSi2/c1-10-25(3)15-24-18-14-17(21(22)23)19(13-16(18)2)26-12-11-20(27(4,5)6)28(7,8)9/h13-15,20-21H,10-12H2,1-9H3. The summed E-state index contributed by atoms with van der Waals surface area (Å²) in [5.74, 6) is 0.292. The summed E-state index contributed by atoms with van der Waals surface area (Å²) in [6, 6.07) is 3.17. The Kier molecular flexibility index (Phi) is 8.87. The Morgan fingerprint density at radius 1 is 1.11 bits per heavy atom. The van der Waals surface area contributed by atoms with Gasteiger partial charge in [0.2, 0.25) is 0 Å². The van der Waals surface area contributed by atoms with Gasteiger partial charge in [0.25, 0.3) is 6.43 Å². The van der Waals surface area contributed by atoms with E-state index in [2.05, 4.69) is 44.3 Å². The van der Waals surface area contributed by atoms with Crippen LogP contribution in [0.2, 0.25) is 44.4 Å². The molecule has 0 fully saturated rings. The Labute approximate surface area is 172 Å². The molecule has 1 rings (SSSR count). The van der Waals surface area contributed by atoms with Crippen molar-refractivity contribution in [3.8, 4) is 5.75 Å². The van der Waals surface area contributed by atoms with E-state index in [0.29, 0.717) is 23.2 Å². The van der Waals surface area contributed by atoms with Crippen molar-refractivity contribution < 1.29 is 13.5 Å². The fourth-order valence-electron chi connectivity index (χ4n) is 3.81. The first-order valence-corrected chi connectivity index (χ1v) is 17.2. The third-order valence-electron chi connectivity index (χ3n) is 5.21. The minimum Gasteiger partial charge on any atom is -0.493 e. The van der Waals surface area contributed by atoms with Crippen LogP contribution >= 0.6 is 0 Å². The molecule has 0 saturated carbocycles. The lowest BCUT2D eigenvalue weighted by atomic mass is 10.1. The molecule has 28 heavy (non-hydrogen) atoms. The van der Waals surface area contributed by atoms with Crippen LogP contribution in [0.15, 0.2) is 17.1 Å². The van der Waals surface area contributed by atoms with Gasteiger partial charge in [-0.15, -0.1) is 0 Å². The van der Waals surface area contributed by atoms with Crippen molar-refractivity contribution in [2.24, 2.45) is 4.99 Å². The SMILES string of the molecule is CCN(C)C=Nc1cc(C(F)F)c(OCCC([Si](C)(C)C)[Si](C)(C)C)cc1C. The van der Waals surface area contributed by atoms with Crippen molar-refractivity contribution in [3.05, 3.63) is 23.3 Å². The van der Waals surface area contributed by atoms with Crippen molar-refractivity contribution in [1.29, 1.82) is 0 Å². The van der Waals surface area contributed by atoms with Gasteiger partial charge >= 0.3 is 0 Å². The molecule has 0 saturated heterocycles. The van der Waals surface area contributed by atoms with E-state index in [1.165, 1.54) is 6.07 Å². The number of alkyl halides is 2. The summed E-state index contributed by atoms with van der Waals surface area (Å²) in [4.78, 5) is 6.26. The maximum absolute atomic E-state index is 13.6. The van der Waals surface area contributed by atoms with Gasteiger partial charge in [-0.1, -0.05) is 39.3 Å². The Balaban J connectivity index is 3.02. The van der Waals surface area contributed by atoms with Crippen LogP contribution in [0.3, 0.4) is 0 Å². The van der Waals surface area contributed by atoms with Crippen LogP contribution in [0.25, 0.3) is 0 Å². The quantitative estimate of drug-likeness (QED) is 0.230. The molecule has 0 heterocycles. The van der Waals surface area contributed by atoms with Gasteiger partial charge in [0.1, 0.15) is 5.75 Å². The molecule has 0 unspecified atom stereocenters. The van der Waals surface area contributed by atoms with E-state index < -0.39 is 22.6 Å². The maximum Gasteiger partial charge on any atom is 0.267 e. The van der Waals surface area contributed by atoms with Gasteiger partial charge in [-0.25, -0.2) is 13.8 Å². The molecule has 0 aliphatic heterocycles. The number of nitrogens with zero attached hydrogens (tertiary/aromatic N) is 2. The number of aliphatic imine (C=N–C) groups is 1. The second-order valence-corrected chi connectivity index (χ2v) is 21.2. The fraction of sp³-hybridized carbons (Fsp3) is 0.667. The summed E-state index contributed by atoms with van der Waals surface area (Å²) in [5, 5.41) is 0.685. The first kappa shape index (κ1) is 24.8. The summed E-state index contributed by atoms with van der Waals surface area (Å²) in [7, 11) is -0.761. The zero-order valence-corrected chi connectivity index (χ0v) is 21.1. The second-order valence-electron chi connectivity index (χ2n) is 9.72. The zero-order valence-electron chi connectivity index (χ0n) is 19.1. The first-order valence-electron chi connectivity index (χ1n) is 10.1. The molecule has 0 N–H and O–H groups in total. The van der Waals surface area contributed by atoms with Crippen LogP contribution in [-0.2, 0) is 0 Å². The van der Waals surface area contributed by atoms with Crippen LogP contribution in [-0.4, -0.2) is 47.6 Å². The van der Waals surface area contributed by atoms with E-state index in [9.17, 15) is 8.78 Å². The molecule has 1 aromatic carbocycles. The Morgan fingerprint density at radius 2 is 1.68 bits per heavy atom. The van der Waals surface area contributed by atoms with Crippen LogP contribution in [0.4, 0.5) is 14.5 Å². The van der Waals surface area contributed by atoms with E-state index in [-0.39, 0.29) is 5.56 Å². The largest absolute Gasteiger partial charge is 0.493 e. The summed E-state index contributed by atoms with van der Waals surface area (Å²) >= 11 is 0. The topological polar surface area (TPSA) is 24.8 Å². The molecule has 3 nitrogen and oxygen atoms in total. The van der Waals surface area contributed by atoms with Crippen LogP contribution in [0.1, 0.15) is 30.9 Å². The number of benzene rings is 1. The van der Waals surface area contributed by atoms with Gasteiger partial charge in [0.05, 0.1) is 24.2 Å². The average molecular weight is 429 g/mol. The van der Waals surface area contributed by atoms with Crippen molar-refractivity contribution in [3.63, 3.8) is 0 Å². The summed E-state index contributed by atoms with van der Waals surface area (Å²) in [6.45, 7) is 19.5. The third kappa shape index (κ3) is 7.31. The van der Waals surface area contributed by atoms with Gasteiger partial charge in [0, 0.05) is 29.7 Å². The van der Waals surface area contributed by atoms with Crippen LogP contribution in [0.5, 0.6) is 5.75 Å². The van der Waals surface area contributed by atoms with Gasteiger partial charge in [-0.3, -0.25) is 0 Å². The van der Waals surface area contributed by atoms with Gasteiger partial charge in [0.15, 0.2) is 0 Å². The Hall–Kier alpha value is -1.22. The Morgan fingerprint density at radius 3 is 2.14 bits per heavy atom. The lowest BCUT2D eigenvalue weighted by molar-refractivity contribution is 0.145. The van der Waals surface area contributed by atoms with Crippen molar-refractivity contribution in [1.82, 2.24) is 4.90 Å². The molecule has 0 aliphatic rings. The molecule has 0 atom stereocenters. The zero-order chi connectivity index (χ0) is 21.7. The van der Waals surface area contributed by atoms with Crippen LogP contribution < -0.4 is 4.74 Å². The monoisotopic (exact) mass is 428 g/mol. The lowest BCUT2D eigenvalue weighted by Crippen LogP contribution is -2.44. The fourth-order valence-corrected chi connectivity index (χ4v) is 16.2. The first-order chi connectivity index (χ1) is 12.8. The number of hydrogen-bond donors (Lipinski definition) is 0. The van der Waals surface area contributed by atoms with Crippen LogP contribution in [0, 0.1) is 6.92 Å². The van der Waals surface area contributed by atoms with Gasteiger partial charge < -0.3 is 9.64 Å². The minimum atomic E-state index is -2.58. The van der Waals surface area contributed by atoms with E-state index in [0.717, 1.165) is 18.5 Å². The highest BCUT2D eigenvalue weighted by atomic mass is 28.4. The molecule has 0 radical (unpaired) electrons. The number of halogens is 2. The van der Waals surface area contributed by atoms with Crippen molar-refractivity contribution >= 4 is 28.2 Å². The highest BCUT2D eigenvalue weighted by molar-refractivity contribution is 6.96. The molecule has 7 heteroatoms. The number of ether oxygens (including phenoxy) is 1. The average Bonchev–Trinajstić information content (AvgIpc) is 2.54. The number of rotatable bonds is 10. The summed E-state index contributed by atoms with van der Waals surface area (Å²) < 4.78 is 33.2. The predicted molar refractivity (Wildman–Crippen MR) is 123 cm³/mol. The summed E-state index contributed by atoms with van der Waals surface area (Å²) in [5.41, 5.74) is 1.33. The highest BCUT2D eigenvalue weighted by Gasteiger charge is 2.37. The normalized spacial score (nSPS) is 13.0. The number of hydrogen-bond acceptors (Lipinski definition) is 2.